The highest BCUT2D eigenvalue weighted by Gasteiger charge is 2.11. The standard InChI is InChI=1S/C13H11F2N3O3S/c14-13(15)22-8-10-6-5-9(21-10)7-16-17-11-3-1-2-4-12(11)18(19)20/h1-7,13,17H,8H2/b16-7-. The van der Waals surface area contributed by atoms with E-state index in [1.807, 2.05) is 0 Å². The van der Waals surface area contributed by atoms with Crippen LogP contribution < -0.4 is 5.43 Å². The maximum Gasteiger partial charge on any atom is 0.294 e. The second kappa shape index (κ2) is 7.55. The van der Waals surface area contributed by atoms with Crippen LogP contribution in [-0.4, -0.2) is 16.9 Å². The molecule has 0 aliphatic carbocycles. The lowest BCUT2D eigenvalue weighted by Gasteiger charge is -2.00. The molecular formula is C13H11F2N3O3S. The lowest BCUT2D eigenvalue weighted by Crippen LogP contribution is -1.96. The molecule has 0 fully saturated rings. The number of halogens is 2. The summed E-state index contributed by atoms with van der Waals surface area (Å²) in [6, 6.07) is 9.20. The van der Waals surface area contributed by atoms with E-state index in [0.717, 1.165) is 0 Å². The molecule has 0 aliphatic rings. The molecule has 22 heavy (non-hydrogen) atoms. The Labute approximate surface area is 128 Å². The number of furan rings is 1. The van der Waals surface area contributed by atoms with E-state index in [0.29, 0.717) is 23.3 Å². The highest BCUT2D eigenvalue weighted by molar-refractivity contribution is 7.98. The SMILES string of the molecule is O=[N+]([O-])c1ccccc1N/N=C\c1ccc(CSC(F)F)o1. The molecule has 2 rings (SSSR count). The van der Waals surface area contributed by atoms with Gasteiger partial charge in [-0.3, -0.25) is 15.5 Å². The lowest BCUT2D eigenvalue weighted by atomic mass is 10.3. The van der Waals surface area contributed by atoms with Crippen LogP contribution in [0.25, 0.3) is 0 Å². The summed E-state index contributed by atoms with van der Waals surface area (Å²) >= 11 is 0.461. The number of hydrogen-bond acceptors (Lipinski definition) is 6. The van der Waals surface area contributed by atoms with E-state index in [2.05, 4.69) is 10.5 Å². The molecule has 0 saturated carbocycles. The van der Waals surface area contributed by atoms with Crippen LogP contribution in [0.1, 0.15) is 11.5 Å². The lowest BCUT2D eigenvalue weighted by molar-refractivity contribution is -0.384. The molecule has 1 aromatic heterocycles. The fourth-order valence-electron chi connectivity index (χ4n) is 1.58. The predicted molar refractivity (Wildman–Crippen MR) is 80.3 cm³/mol. The van der Waals surface area contributed by atoms with Crippen LogP contribution in [0.4, 0.5) is 20.2 Å². The van der Waals surface area contributed by atoms with Crippen LogP contribution in [0.5, 0.6) is 0 Å². The molecule has 0 aliphatic heterocycles. The predicted octanol–water partition coefficient (Wildman–Crippen LogP) is 4.09. The number of nitrogens with one attached hydrogen (secondary N) is 1. The Balaban J connectivity index is 1.97. The number of nitro groups is 1. The van der Waals surface area contributed by atoms with Gasteiger partial charge < -0.3 is 4.42 Å². The van der Waals surface area contributed by atoms with Crippen molar-refractivity contribution >= 4 is 29.4 Å². The van der Waals surface area contributed by atoms with Gasteiger partial charge in [0, 0.05) is 6.07 Å². The minimum absolute atomic E-state index is 0.0586. The normalized spacial score (nSPS) is 11.2. The van der Waals surface area contributed by atoms with Crippen LogP contribution in [0.2, 0.25) is 0 Å². The number of anilines is 1. The molecule has 0 unspecified atom stereocenters. The zero-order valence-electron chi connectivity index (χ0n) is 11.1. The minimum Gasteiger partial charge on any atom is -0.459 e. The highest BCUT2D eigenvalue weighted by atomic mass is 32.2. The number of alkyl halides is 2. The Morgan fingerprint density at radius 3 is 2.86 bits per heavy atom. The summed E-state index contributed by atoms with van der Waals surface area (Å²) < 4.78 is 29.4. The fourth-order valence-corrected chi connectivity index (χ4v) is 2.02. The molecule has 1 N–H and O–H groups in total. The molecule has 2 aromatic rings. The Morgan fingerprint density at radius 1 is 1.36 bits per heavy atom. The molecule has 0 atom stereocenters. The van der Waals surface area contributed by atoms with E-state index in [1.165, 1.54) is 18.3 Å². The van der Waals surface area contributed by atoms with E-state index in [1.54, 1.807) is 24.3 Å². The average molecular weight is 327 g/mol. The Morgan fingerprint density at radius 2 is 2.14 bits per heavy atom. The Hall–Kier alpha value is -2.42. The molecule has 0 saturated heterocycles. The zero-order chi connectivity index (χ0) is 15.9. The first-order valence-corrected chi connectivity index (χ1v) is 7.12. The van der Waals surface area contributed by atoms with E-state index in [9.17, 15) is 18.9 Å². The van der Waals surface area contributed by atoms with Gasteiger partial charge in [-0.2, -0.15) is 13.9 Å². The first kappa shape index (κ1) is 16.0. The van der Waals surface area contributed by atoms with E-state index >= 15 is 0 Å². The van der Waals surface area contributed by atoms with Crippen LogP contribution >= 0.6 is 11.8 Å². The second-order valence-corrected chi connectivity index (χ2v) is 5.00. The van der Waals surface area contributed by atoms with Gasteiger partial charge in [0.1, 0.15) is 17.2 Å². The molecular weight excluding hydrogens is 316 g/mol. The summed E-state index contributed by atoms with van der Waals surface area (Å²) in [7, 11) is 0. The fraction of sp³-hybridized carbons (Fsp3) is 0.154. The Bertz CT molecular complexity index is 676. The number of benzene rings is 1. The number of nitro benzene ring substituents is 1. The van der Waals surface area contributed by atoms with Crippen molar-refractivity contribution in [3.05, 3.63) is 58.0 Å². The van der Waals surface area contributed by atoms with Gasteiger partial charge in [0.25, 0.3) is 11.4 Å². The molecule has 0 radical (unpaired) electrons. The third kappa shape index (κ3) is 4.55. The van der Waals surface area contributed by atoms with Crippen molar-refractivity contribution in [1.82, 2.24) is 0 Å². The van der Waals surface area contributed by atoms with E-state index < -0.39 is 10.7 Å². The van der Waals surface area contributed by atoms with Gasteiger partial charge >= 0.3 is 0 Å². The number of para-hydroxylation sites is 2. The van der Waals surface area contributed by atoms with E-state index in [4.69, 9.17) is 4.42 Å². The van der Waals surface area contributed by atoms with Gasteiger partial charge in [-0.25, -0.2) is 0 Å². The highest BCUT2D eigenvalue weighted by Crippen LogP contribution is 2.23. The Kier molecular flexibility index (Phi) is 5.48. The quantitative estimate of drug-likeness (QED) is 0.470. The maximum absolute atomic E-state index is 12.1. The van der Waals surface area contributed by atoms with Gasteiger partial charge in [0.05, 0.1) is 16.9 Å². The van der Waals surface area contributed by atoms with Gasteiger partial charge in [-0.05, 0) is 18.2 Å². The number of thioether (sulfide) groups is 1. The molecule has 0 spiro atoms. The molecule has 6 nitrogen and oxygen atoms in total. The monoisotopic (exact) mass is 327 g/mol. The average Bonchev–Trinajstić information content (AvgIpc) is 2.93. The molecule has 0 amide bonds. The topological polar surface area (TPSA) is 80.7 Å². The third-order valence-electron chi connectivity index (χ3n) is 2.51. The molecule has 9 heteroatoms. The summed E-state index contributed by atoms with van der Waals surface area (Å²) in [5.74, 6) is -1.64. The van der Waals surface area contributed by atoms with Crippen LogP contribution in [0, 0.1) is 10.1 Å². The smallest absolute Gasteiger partial charge is 0.294 e. The molecule has 0 bridgehead atoms. The summed E-state index contributed by atoms with van der Waals surface area (Å²) in [6.45, 7) is 0. The van der Waals surface area contributed by atoms with Gasteiger partial charge in [-0.15, -0.1) is 0 Å². The second-order valence-electron chi connectivity index (χ2n) is 4.02. The first-order chi connectivity index (χ1) is 10.6. The summed E-state index contributed by atoms with van der Waals surface area (Å²) in [6.07, 6.45) is 1.31. The summed E-state index contributed by atoms with van der Waals surface area (Å²) in [4.78, 5) is 10.3. The summed E-state index contributed by atoms with van der Waals surface area (Å²) in [5, 5.41) is 14.7. The molecule has 1 aromatic carbocycles. The zero-order valence-corrected chi connectivity index (χ0v) is 11.9. The minimum atomic E-state index is -2.46. The van der Waals surface area contributed by atoms with Crippen LogP contribution in [-0.2, 0) is 5.75 Å². The van der Waals surface area contributed by atoms with Crippen LogP contribution in [0.3, 0.4) is 0 Å². The van der Waals surface area contributed by atoms with Crippen molar-refractivity contribution in [2.45, 2.75) is 11.5 Å². The van der Waals surface area contributed by atoms with Gasteiger partial charge in [0.15, 0.2) is 0 Å². The number of hydrogen-bond donors (Lipinski definition) is 1. The van der Waals surface area contributed by atoms with Crippen LogP contribution in [0.15, 0.2) is 45.9 Å². The number of hydrazone groups is 1. The maximum atomic E-state index is 12.1. The van der Waals surface area contributed by atoms with Crippen molar-refractivity contribution in [3.63, 3.8) is 0 Å². The third-order valence-corrected chi connectivity index (χ3v) is 3.21. The van der Waals surface area contributed by atoms with E-state index in [-0.39, 0.29) is 17.1 Å². The summed E-state index contributed by atoms with van der Waals surface area (Å²) in [5.41, 5.74) is 2.68. The number of nitrogens with zero attached hydrogens (tertiary/aromatic N) is 2. The van der Waals surface area contributed by atoms with Crippen molar-refractivity contribution < 1.29 is 18.1 Å². The largest absolute Gasteiger partial charge is 0.459 e. The van der Waals surface area contributed by atoms with Gasteiger partial charge in [-0.1, -0.05) is 23.9 Å². The molecule has 116 valence electrons. The molecule has 1 heterocycles. The van der Waals surface area contributed by atoms with Gasteiger partial charge in [0.2, 0.25) is 0 Å². The van der Waals surface area contributed by atoms with Crippen molar-refractivity contribution in [3.8, 4) is 0 Å². The van der Waals surface area contributed by atoms with Crippen molar-refractivity contribution in [1.29, 1.82) is 0 Å². The number of rotatable bonds is 7. The first-order valence-electron chi connectivity index (χ1n) is 6.07. The van der Waals surface area contributed by atoms with Crippen molar-refractivity contribution in [2.75, 3.05) is 5.43 Å². The van der Waals surface area contributed by atoms with Crippen molar-refractivity contribution in [2.24, 2.45) is 5.10 Å².